The van der Waals surface area contributed by atoms with E-state index in [9.17, 15) is 0 Å². The summed E-state index contributed by atoms with van der Waals surface area (Å²) in [5.74, 6) is 0.876. The topological polar surface area (TPSA) is 42.2 Å². The van der Waals surface area contributed by atoms with Gasteiger partial charge >= 0.3 is 0 Å². The second kappa shape index (κ2) is 5.24. The molecule has 1 aliphatic rings. The molecule has 0 spiro atoms. The van der Waals surface area contributed by atoms with E-state index in [0.717, 1.165) is 27.8 Å². The Hall–Kier alpha value is -1.29. The van der Waals surface area contributed by atoms with E-state index in [-0.39, 0.29) is 0 Å². The van der Waals surface area contributed by atoms with E-state index >= 15 is 0 Å². The fourth-order valence-corrected chi connectivity index (χ4v) is 4.08. The number of rotatable bonds is 2. The lowest BCUT2D eigenvalue weighted by Gasteiger charge is -2.35. The van der Waals surface area contributed by atoms with E-state index < -0.39 is 0 Å². The van der Waals surface area contributed by atoms with Gasteiger partial charge in [0.25, 0.3) is 0 Å². The predicted octanol–water partition coefficient (Wildman–Crippen LogP) is 4.20. The molecule has 3 rings (SSSR count). The molecule has 3 nitrogen and oxygen atoms in total. The third-order valence-corrected chi connectivity index (χ3v) is 5.49. The number of aryl methyl sites for hydroxylation is 1. The average Bonchev–Trinajstić information content (AvgIpc) is 2.77. The summed E-state index contributed by atoms with van der Waals surface area (Å²) < 4.78 is 1.19. The first-order valence-corrected chi connectivity index (χ1v) is 8.25. The van der Waals surface area contributed by atoms with E-state index in [4.69, 9.17) is 5.73 Å². The van der Waals surface area contributed by atoms with Crippen molar-refractivity contribution in [3.05, 3.63) is 17.1 Å². The van der Waals surface area contributed by atoms with E-state index in [1.54, 1.807) is 11.3 Å². The number of aromatic nitrogens is 1. The fourth-order valence-electron chi connectivity index (χ4n) is 3.23. The Morgan fingerprint density at radius 1 is 1.25 bits per heavy atom. The van der Waals surface area contributed by atoms with Gasteiger partial charge in [0.1, 0.15) is 0 Å². The number of nitrogen functional groups attached to an aromatic ring is 1. The van der Waals surface area contributed by atoms with Gasteiger partial charge in [0.15, 0.2) is 0 Å². The number of anilines is 2. The highest BCUT2D eigenvalue weighted by Crippen LogP contribution is 2.35. The van der Waals surface area contributed by atoms with Crippen molar-refractivity contribution in [2.24, 2.45) is 5.92 Å². The highest BCUT2D eigenvalue weighted by Gasteiger charge is 2.23. The van der Waals surface area contributed by atoms with E-state index in [2.05, 4.69) is 36.0 Å². The number of thiazole rings is 1. The maximum atomic E-state index is 6.27. The molecule has 1 heterocycles. The molecule has 1 saturated carbocycles. The van der Waals surface area contributed by atoms with Gasteiger partial charge in [0.05, 0.1) is 26.6 Å². The molecule has 1 fully saturated rings. The van der Waals surface area contributed by atoms with Crippen molar-refractivity contribution in [2.45, 2.75) is 45.6 Å². The van der Waals surface area contributed by atoms with E-state index in [1.165, 1.54) is 30.4 Å². The van der Waals surface area contributed by atoms with Gasteiger partial charge in [0, 0.05) is 13.1 Å². The summed E-state index contributed by atoms with van der Waals surface area (Å²) in [4.78, 5) is 6.96. The van der Waals surface area contributed by atoms with Crippen LogP contribution in [0.2, 0.25) is 0 Å². The minimum atomic E-state index is 0.616. The van der Waals surface area contributed by atoms with Gasteiger partial charge in [-0.15, -0.1) is 11.3 Å². The molecule has 1 aromatic heterocycles. The predicted molar refractivity (Wildman–Crippen MR) is 88.6 cm³/mol. The summed E-state index contributed by atoms with van der Waals surface area (Å²) in [6.07, 6.45) is 5.19. The standard InChI is InChI=1S/C16H23N3S/c1-10-4-6-12(7-5-10)19(3)15-9-14-16(8-13(15)17)20-11(2)18-14/h8-10,12H,4-7,17H2,1-3H3. The molecule has 0 radical (unpaired) electrons. The maximum Gasteiger partial charge on any atom is 0.0907 e. The minimum Gasteiger partial charge on any atom is -0.397 e. The van der Waals surface area contributed by atoms with E-state index in [0.29, 0.717) is 6.04 Å². The summed E-state index contributed by atoms with van der Waals surface area (Å²) in [5.41, 5.74) is 9.36. The lowest BCUT2D eigenvalue weighted by atomic mass is 9.86. The molecule has 0 aliphatic heterocycles. The van der Waals surface area contributed by atoms with Crippen molar-refractivity contribution in [3.63, 3.8) is 0 Å². The van der Waals surface area contributed by atoms with Gasteiger partial charge in [-0.05, 0) is 50.7 Å². The lowest BCUT2D eigenvalue weighted by molar-refractivity contribution is 0.341. The average molecular weight is 289 g/mol. The Bertz CT molecular complexity index is 611. The van der Waals surface area contributed by atoms with Crippen LogP contribution in [0.5, 0.6) is 0 Å². The monoisotopic (exact) mass is 289 g/mol. The molecule has 108 valence electrons. The Labute approximate surface area is 124 Å². The Kier molecular flexibility index (Phi) is 3.59. The number of benzene rings is 1. The highest BCUT2D eigenvalue weighted by atomic mass is 32.1. The largest absolute Gasteiger partial charge is 0.397 e. The number of fused-ring (bicyclic) bond motifs is 1. The zero-order chi connectivity index (χ0) is 14.3. The number of nitrogens with two attached hydrogens (primary N) is 1. The second-order valence-electron chi connectivity index (χ2n) is 6.14. The first-order chi connectivity index (χ1) is 9.54. The number of hydrogen-bond donors (Lipinski definition) is 1. The molecule has 20 heavy (non-hydrogen) atoms. The van der Waals surface area contributed by atoms with Gasteiger partial charge in [-0.3, -0.25) is 0 Å². The van der Waals surface area contributed by atoms with Crippen LogP contribution in [0.15, 0.2) is 12.1 Å². The zero-order valence-electron chi connectivity index (χ0n) is 12.5. The number of nitrogens with zero attached hydrogens (tertiary/aromatic N) is 2. The van der Waals surface area contributed by atoms with Crippen molar-refractivity contribution in [1.29, 1.82) is 0 Å². The third-order valence-electron chi connectivity index (χ3n) is 4.56. The van der Waals surface area contributed by atoms with Crippen LogP contribution in [0.25, 0.3) is 10.2 Å². The van der Waals surface area contributed by atoms with Crippen molar-refractivity contribution in [3.8, 4) is 0 Å². The maximum absolute atomic E-state index is 6.27. The molecular formula is C16H23N3S. The van der Waals surface area contributed by atoms with Gasteiger partial charge in [-0.25, -0.2) is 4.98 Å². The zero-order valence-corrected chi connectivity index (χ0v) is 13.3. The Balaban J connectivity index is 1.90. The SMILES string of the molecule is Cc1nc2cc(N(C)C3CCC(C)CC3)c(N)cc2s1. The van der Waals surface area contributed by atoms with Gasteiger partial charge in [-0.1, -0.05) is 6.92 Å². The lowest BCUT2D eigenvalue weighted by Crippen LogP contribution is -2.35. The normalized spacial score (nSPS) is 23.1. The molecule has 1 aliphatic carbocycles. The molecule has 0 bridgehead atoms. The highest BCUT2D eigenvalue weighted by molar-refractivity contribution is 7.18. The first kappa shape index (κ1) is 13.7. The van der Waals surface area contributed by atoms with Crippen LogP contribution in [-0.2, 0) is 0 Å². The summed E-state index contributed by atoms with van der Waals surface area (Å²) in [7, 11) is 2.18. The molecule has 4 heteroatoms. The molecular weight excluding hydrogens is 266 g/mol. The summed E-state index contributed by atoms with van der Waals surface area (Å²) >= 11 is 1.71. The molecule has 2 N–H and O–H groups in total. The first-order valence-electron chi connectivity index (χ1n) is 7.44. The van der Waals surface area contributed by atoms with Gasteiger partial charge < -0.3 is 10.6 Å². The molecule has 2 aromatic rings. The van der Waals surface area contributed by atoms with Crippen LogP contribution in [0.4, 0.5) is 11.4 Å². The smallest absolute Gasteiger partial charge is 0.0907 e. The van der Waals surface area contributed by atoms with Crippen LogP contribution in [0.3, 0.4) is 0 Å². The molecule has 1 aromatic carbocycles. The number of hydrogen-bond acceptors (Lipinski definition) is 4. The Morgan fingerprint density at radius 3 is 2.65 bits per heavy atom. The summed E-state index contributed by atoms with van der Waals surface area (Å²) in [6, 6.07) is 4.86. The quantitative estimate of drug-likeness (QED) is 0.842. The fraction of sp³-hybridized carbons (Fsp3) is 0.562. The van der Waals surface area contributed by atoms with Gasteiger partial charge in [-0.2, -0.15) is 0 Å². The molecule has 0 atom stereocenters. The van der Waals surface area contributed by atoms with Crippen molar-refractivity contribution in [2.75, 3.05) is 17.7 Å². The van der Waals surface area contributed by atoms with Crippen LogP contribution in [0.1, 0.15) is 37.6 Å². The van der Waals surface area contributed by atoms with Crippen LogP contribution >= 0.6 is 11.3 Å². The minimum absolute atomic E-state index is 0.616. The summed E-state index contributed by atoms with van der Waals surface area (Å²) in [6.45, 7) is 4.40. The second-order valence-corrected chi connectivity index (χ2v) is 7.37. The third kappa shape index (κ3) is 2.49. The molecule has 0 saturated heterocycles. The molecule has 0 unspecified atom stereocenters. The van der Waals surface area contributed by atoms with Crippen LogP contribution in [-0.4, -0.2) is 18.1 Å². The van der Waals surface area contributed by atoms with Gasteiger partial charge in [0.2, 0.25) is 0 Å². The van der Waals surface area contributed by atoms with E-state index in [1.807, 2.05) is 6.92 Å². The molecule has 0 amide bonds. The Morgan fingerprint density at radius 2 is 1.95 bits per heavy atom. The van der Waals surface area contributed by atoms with Crippen molar-refractivity contribution in [1.82, 2.24) is 4.98 Å². The van der Waals surface area contributed by atoms with Crippen molar-refractivity contribution >= 4 is 32.9 Å². The van der Waals surface area contributed by atoms with Crippen molar-refractivity contribution < 1.29 is 0 Å². The van der Waals surface area contributed by atoms with Crippen LogP contribution in [0, 0.1) is 12.8 Å². The van der Waals surface area contributed by atoms with Crippen LogP contribution < -0.4 is 10.6 Å². The summed E-state index contributed by atoms with van der Waals surface area (Å²) in [5, 5.41) is 1.10.